The monoisotopic (exact) mass is 350 g/mol. The van der Waals surface area contributed by atoms with E-state index in [0.29, 0.717) is 0 Å². The number of hydrogen-bond acceptors (Lipinski definition) is 1. The van der Waals surface area contributed by atoms with Crippen molar-refractivity contribution < 1.29 is 0 Å². The molecule has 1 heterocycles. The summed E-state index contributed by atoms with van der Waals surface area (Å²) in [6.45, 7) is 2.20. The molecular formula is C25H18S. The standard InChI is InChI=1S/C25H18S/c1-17-14-15-19(18-8-3-2-4-9-18)16-23(17)22-12-7-11-21-20-10-5-6-13-24(20)26-25(21)22/h2-16H,1H3. The Morgan fingerprint density at radius 3 is 2.23 bits per heavy atom. The fourth-order valence-electron chi connectivity index (χ4n) is 3.68. The van der Waals surface area contributed by atoms with Crippen LogP contribution in [0.4, 0.5) is 0 Å². The molecule has 0 unspecified atom stereocenters. The minimum Gasteiger partial charge on any atom is -0.135 e. The van der Waals surface area contributed by atoms with Crippen molar-refractivity contribution >= 4 is 31.5 Å². The molecule has 0 radical (unpaired) electrons. The Morgan fingerprint density at radius 1 is 0.577 bits per heavy atom. The average molecular weight is 350 g/mol. The van der Waals surface area contributed by atoms with Crippen molar-refractivity contribution in [2.75, 3.05) is 0 Å². The van der Waals surface area contributed by atoms with Crippen molar-refractivity contribution in [2.24, 2.45) is 0 Å². The van der Waals surface area contributed by atoms with Gasteiger partial charge in [-0.15, -0.1) is 11.3 Å². The van der Waals surface area contributed by atoms with E-state index in [1.807, 2.05) is 11.3 Å². The van der Waals surface area contributed by atoms with Crippen LogP contribution in [0, 0.1) is 6.92 Å². The van der Waals surface area contributed by atoms with Gasteiger partial charge in [-0.2, -0.15) is 0 Å². The van der Waals surface area contributed by atoms with Crippen molar-refractivity contribution in [1.29, 1.82) is 0 Å². The summed E-state index contributed by atoms with van der Waals surface area (Å²) in [7, 11) is 0. The van der Waals surface area contributed by atoms with E-state index in [1.165, 1.54) is 48.0 Å². The third-order valence-electron chi connectivity index (χ3n) is 5.04. The Kier molecular flexibility index (Phi) is 3.62. The quantitative estimate of drug-likeness (QED) is 0.306. The van der Waals surface area contributed by atoms with E-state index in [1.54, 1.807) is 0 Å². The molecular weight excluding hydrogens is 332 g/mol. The molecule has 0 saturated carbocycles. The van der Waals surface area contributed by atoms with Crippen LogP contribution >= 0.6 is 11.3 Å². The lowest BCUT2D eigenvalue weighted by Gasteiger charge is -2.11. The van der Waals surface area contributed by atoms with Gasteiger partial charge >= 0.3 is 0 Å². The molecule has 0 saturated heterocycles. The number of aryl methyl sites for hydroxylation is 1. The van der Waals surface area contributed by atoms with Gasteiger partial charge in [0.2, 0.25) is 0 Å². The zero-order chi connectivity index (χ0) is 17.5. The minimum atomic E-state index is 1.26. The minimum absolute atomic E-state index is 1.26. The Balaban J connectivity index is 1.78. The summed E-state index contributed by atoms with van der Waals surface area (Å²) < 4.78 is 2.73. The first kappa shape index (κ1) is 15.4. The van der Waals surface area contributed by atoms with Gasteiger partial charge in [0, 0.05) is 20.2 Å². The summed E-state index contributed by atoms with van der Waals surface area (Å²) in [6, 6.07) is 32.8. The zero-order valence-corrected chi connectivity index (χ0v) is 15.4. The first-order valence-electron chi connectivity index (χ1n) is 8.88. The van der Waals surface area contributed by atoms with Gasteiger partial charge in [0.25, 0.3) is 0 Å². The highest BCUT2D eigenvalue weighted by molar-refractivity contribution is 7.26. The van der Waals surface area contributed by atoms with Crippen molar-refractivity contribution in [3.8, 4) is 22.3 Å². The van der Waals surface area contributed by atoms with Crippen molar-refractivity contribution in [3.05, 3.63) is 96.6 Å². The Bertz CT molecular complexity index is 1230. The highest BCUT2D eigenvalue weighted by Crippen LogP contribution is 2.41. The highest BCUT2D eigenvalue weighted by Gasteiger charge is 2.12. The molecule has 0 N–H and O–H groups in total. The average Bonchev–Trinajstić information content (AvgIpc) is 3.08. The van der Waals surface area contributed by atoms with Gasteiger partial charge in [-0.25, -0.2) is 0 Å². The second kappa shape index (κ2) is 6.12. The van der Waals surface area contributed by atoms with Crippen LogP contribution in [0.5, 0.6) is 0 Å². The van der Waals surface area contributed by atoms with E-state index >= 15 is 0 Å². The fraction of sp³-hybridized carbons (Fsp3) is 0.0400. The van der Waals surface area contributed by atoms with Crippen LogP contribution in [-0.2, 0) is 0 Å². The molecule has 0 nitrogen and oxygen atoms in total. The summed E-state index contributed by atoms with van der Waals surface area (Å²) in [5, 5.41) is 2.71. The maximum Gasteiger partial charge on any atom is 0.0433 e. The van der Waals surface area contributed by atoms with Gasteiger partial charge in [0.1, 0.15) is 0 Å². The van der Waals surface area contributed by atoms with Crippen LogP contribution in [0.25, 0.3) is 42.4 Å². The van der Waals surface area contributed by atoms with Crippen molar-refractivity contribution in [2.45, 2.75) is 6.92 Å². The number of thiophene rings is 1. The molecule has 0 aliphatic carbocycles. The summed E-state index contributed by atoms with van der Waals surface area (Å²) in [5.74, 6) is 0. The topological polar surface area (TPSA) is 0 Å². The normalized spacial score (nSPS) is 11.3. The molecule has 1 heteroatoms. The molecule has 0 fully saturated rings. The largest absolute Gasteiger partial charge is 0.135 e. The molecule has 0 aliphatic rings. The third-order valence-corrected chi connectivity index (χ3v) is 6.26. The predicted molar refractivity (Wildman–Crippen MR) is 115 cm³/mol. The van der Waals surface area contributed by atoms with Crippen LogP contribution in [0.3, 0.4) is 0 Å². The van der Waals surface area contributed by atoms with Gasteiger partial charge in [0.15, 0.2) is 0 Å². The molecule has 5 rings (SSSR count). The van der Waals surface area contributed by atoms with Crippen LogP contribution in [-0.4, -0.2) is 0 Å². The number of fused-ring (bicyclic) bond motifs is 3. The summed E-state index contributed by atoms with van der Waals surface area (Å²) >= 11 is 1.89. The molecule has 0 amide bonds. The maximum atomic E-state index is 2.34. The fourth-order valence-corrected chi connectivity index (χ4v) is 4.91. The van der Waals surface area contributed by atoms with Gasteiger partial charge in [-0.3, -0.25) is 0 Å². The SMILES string of the molecule is Cc1ccc(-c2ccccc2)cc1-c1cccc2c1sc1ccccc12. The zero-order valence-electron chi connectivity index (χ0n) is 14.6. The number of rotatable bonds is 2. The summed E-state index contributed by atoms with van der Waals surface area (Å²) in [5.41, 5.74) is 6.50. The molecule has 0 spiro atoms. The van der Waals surface area contributed by atoms with Gasteiger partial charge in [-0.05, 0) is 46.9 Å². The lowest BCUT2D eigenvalue weighted by Crippen LogP contribution is -1.86. The van der Waals surface area contributed by atoms with Gasteiger partial charge in [-0.1, -0.05) is 78.9 Å². The van der Waals surface area contributed by atoms with Gasteiger partial charge < -0.3 is 0 Å². The second-order valence-electron chi connectivity index (χ2n) is 6.68. The highest BCUT2D eigenvalue weighted by atomic mass is 32.1. The molecule has 26 heavy (non-hydrogen) atoms. The van der Waals surface area contributed by atoms with E-state index in [2.05, 4.69) is 97.9 Å². The summed E-state index contributed by atoms with van der Waals surface area (Å²) in [4.78, 5) is 0. The van der Waals surface area contributed by atoms with Crippen LogP contribution < -0.4 is 0 Å². The molecule has 0 atom stereocenters. The maximum absolute atomic E-state index is 2.34. The van der Waals surface area contributed by atoms with Gasteiger partial charge in [0.05, 0.1) is 0 Å². The molecule has 1 aromatic heterocycles. The molecule has 0 aliphatic heterocycles. The smallest absolute Gasteiger partial charge is 0.0433 e. The number of hydrogen-bond donors (Lipinski definition) is 0. The lowest BCUT2D eigenvalue weighted by atomic mass is 9.94. The molecule has 5 aromatic rings. The predicted octanol–water partition coefficient (Wildman–Crippen LogP) is 7.70. The first-order chi connectivity index (χ1) is 12.8. The summed E-state index contributed by atoms with van der Waals surface area (Å²) in [6.07, 6.45) is 0. The van der Waals surface area contributed by atoms with E-state index in [4.69, 9.17) is 0 Å². The van der Waals surface area contributed by atoms with Crippen molar-refractivity contribution in [3.63, 3.8) is 0 Å². The van der Waals surface area contributed by atoms with E-state index < -0.39 is 0 Å². The van der Waals surface area contributed by atoms with E-state index in [9.17, 15) is 0 Å². The Hall–Kier alpha value is -2.90. The van der Waals surface area contributed by atoms with Crippen LogP contribution in [0.1, 0.15) is 5.56 Å². The Labute approximate surface area is 157 Å². The third kappa shape index (κ3) is 2.44. The Morgan fingerprint density at radius 2 is 1.35 bits per heavy atom. The lowest BCUT2D eigenvalue weighted by molar-refractivity contribution is 1.46. The van der Waals surface area contributed by atoms with E-state index in [0.717, 1.165) is 0 Å². The second-order valence-corrected chi connectivity index (χ2v) is 7.73. The first-order valence-corrected chi connectivity index (χ1v) is 9.69. The van der Waals surface area contributed by atoms with E-state index in [-0.39, 0.29) is 0 Å². The molecule has 4 aromatic carbocycles. The number of benzene rings is 4. The molecule has 124 valence electrons. The van der Waals surface area contributed by atoms with Crippen LogP contribution in [0.2, 0.25) is 0 Å². The molecule has 0 bridgehead atoms. The van der Waals surface area contributed by atoms with Crippen molar-refractivity contribution in [1.82, 2.24) is 0 Å². The van der Waals surface area contributed by atoms with Crippen LogP contribution in [0.15, 0.2) is 91.0 Å².